The van der Waals surface area contributed by atoms with Crippen LogP contribution < -0.4 is 10.6 Å². The molecule has 2 aliphatic carbocycles. The zero-order valence-electron chi connectivity index (χ0n) is 28.4. The van der Waals surface area contributed by atoms with Gasteiger partial charge in [-0.1, -0.05) is 78.9 Å². The van der Waals surface area contributed by atoms with E-state index in [0.717, 1.165) is 23.3 Å². The molecule has 4 aromatic carbocycles. The van der Waals surface area contributed by atoms with Crippen molar-refractivity contribution in [3.05, 3.63) is 119 Å². The lowest BCUT2D eigenvalue weighted by Crippen LogP contribution is -2.48. The van der Waals surface area contributed by atoms with Crippen LogP contribution in [0, 0.1) is 0 Å². The van der Waals surface area contributed by atoms with Crippen molar-refractivity contribution in [1.82, 2.24) is 15.5 Å². The van der Waals surface area contributed by atoms with Crippen LogP contribution in [0.2, 0.25) is 0 Å². The van der Waals surface area contributed by atoms with Crippen LogP contribution in [0.5, 0.6) is 0 Å². The number of carboxylic acid groups (broad SMARTS) is 1. The number of rotatable bonds is 10. The molecule has 1 fully saturated rings. The quantitative estimate of drug-likeness (QED) is 0.142. The maximum Gasteiger partial charge on any atom is 0.416 e. The van der Waals surface area contributed by atoms with E-state index in [4.69, 9.17) is 0 Å². The molecule has 53 heavy (non-hydrogen) atoms. The molecule has 4 aromatic rings. The SMILES string of the molecule is O=C(N[C@H]1CC[C@H](N(CCCC2(C(=O)NCC(F)(F)F)c3ccccc3-c3ccccc32)C(=O)O)CC1)c1ccccc1-c1ccc(C(F)(F)F)cc1. The van der Waals surface area contributed by atoms with Gasteiger partial charge in [-0.25, -0.2) is 4.79 Å². The predicted octanol–water partition coefficient (Wildman–Crippen LogP) is 8.82. The first-order chi connectivity index (χ1) is 25.2. The molecular weight excluding hydrogens is 700 g/mol. The van der Waals surface area contributed by atoms with Crippen LogP contribution in [-0.2, 0) is 16.4 Å². The van der Waals surface area contributed by atoms with E-state index < -0.39 is 53.8 Å². The molecule has 6 rings (SSSR count). The number of nitrogens with one attached hydrogen (secondary N) is 2. The van der Waals surface area contributed by atoms with Gasteiger partial charge in [0.05, 0.1) is 5.56 Å². The van der Waals surface area contributed by atoms with Crippen molar-refractivity contribution in [2.45, 2.75) is 68.4 Å². The van der Waals surface area contributed by atoms with Crippen LogP contribution in [0.3, 0.4) is 0 Å². The van der Waals surface area contributed by atoms with Gasteiger partial charge in [0, 0.05) is 24.2 Å². The van der Waals surface area contributed by atoms with Gasteiger partial charge in [0.15, 0.2) is 0 Å². The monoisotopic (exact) mass is 737 g/mol. The molecule has 0 radical (unpaired) electrons. The molecule has 3 amide bonds. The minimum atomic E-state index is -4.62. The highest BCUT2D eigenvalue weighted by atomic mass is 19.4. The second kappa shape index (κ2) is 15.0. The average Bonchev–Trinajstić information content (AvgIpc) is 3.42. The van der Waals surface area contributed by atoms with Gasteiger partial charge in [0.25, 0.3) is 5.91 Å². The first-order valence-corrected chi connectivity index (χ1v) is 17.3. The van der Waals surface area contributed by atoms with Gasteiger partial charge in [-0.2, -0.15) is 26.3 Å². The Labute approximate surface area is 302 Å². The second-order valence-corrected chi connectivity index (χ2v) is 13.5. The fraction of sp³-hybridized carbons (Fsp3) is 0.325. The smallest absolute Gasteiger partial charge is 0.416 e. The minimum Gasteiger partial charge on any atom is -0.465 e. The first-order valence-electron chi connectivity index (χ1n) is 17.3. The fourth-order valence-corrected chi connectivity index (χ4v) is 7.80. The van der Waals surface area contributed by atoms with E-state index in [1.165, 1.54) is 17.0 Å². The molecule has 0 saturated heterocycles. The van der Waals surface area contributed by atoms with Crippen LogP contribution in [0.25, 0.3) is 22.3 Å². The normalized spacial score (nSPS) is 17.7. The number of fused-ring (bicyclic) bond motifs is 3. The van der Waals surface area contributed by atoms with Crippen molar-refractivity contribution >= 4 is 17.9 Å². The van der Waals surface area contributed by atoms with Gasteiger partial charge >= 0.3 is 18.4 Å². The number of hydrogen-bond donors (Lipinski definition) is 3. The Hall–Kier alpha value is -5.33. The van der Waals surface area contributed by atoms with E-state index in [-0.39, 0.29) is 25.4 Å². The maximum atomic E-state index is 13.8. The van der Waals surface area contributed by atoms with Crippen molar-refractivity contribution in [3.63, 3.8) is 0 Å². The molecule has 3 N–H and O–H groups in total. The highest BCUT2D eigenvalue weighted by Crippen LogP contribution is 2.51. The molecule has 0 aliphatic heterocycles. The number of hydrogen-bond acceptors (Lipinski definition) is 3. The molecule has 0 unspecified atom stereocenters. The summed E-state index contributed by atoms with van der Waals surface area (Å²) in [7, 11) is 0. The lowest BCUT2D eigenvalue weighted by molar-refractivity contribution is -0.141. The third-order valence-corrected chi connectivity index (χ3v) is 10.3. The fourth-order valence-electron chi connectivity index (χ4n) is 7.80. The van der Waals surface area contributed by atoms with Crippen LogP contribution in [-0.4, -0.2) is 59.3 Å². The van der Waals surface area contributed by atoms with Crippen LogP contribution in [0.1, 0.15) is 65.6 Å². The van der Waals surface area contributed by atoms with E-state index in [0.29, 0.717) is 53.5 Å². The topological polar surface area (TPSA) is 98.7 Å². The molecule has 0 bridgehead atoms. The minimum absolute atomic E-state index is 0.0379. The Balaban J connectivity index is 1.12. The van der Waals surface area contributed by atoms with E-state index in [2.05, 4.69) is 10.6 Å². The molecule has 7 nitrogen and oxygen atoms in total. The van der Waals surface area contributed by atoms with Gasteiger partial charge in [-0.3, -0.25) is 9.59 Å². The Kier molecular flexibility index (Phi) is 10.6. The Bertz CT molecular complexity index is 1920. The molecule has 0 atom stereocenters. The van der Waals surface area contributed by atoms with E-state index in [1.807, 2.05) is 12.1 Å². The van der Waals surface area contributed by atoms with Crippen molar-refractivity contribution in [1.29, 1.82) is 0 Å². The summed E-state index contributed by atoms with van der Waals surface area (Å²) in [6.45, 7) is -1.46. The summed E-state index contributed by atoms with van der Waals surface area (Å²) in [6, 6.07) is 24.7. The van der Waals surface area contributed by atoms with Crippen molar-refractivity contribution in [2.75, 3.05) is 13.1 Å². The van der Waals surface area contributed by atoms with Crippen molar-refractivity contribution in [3.8, 4) is 22.3 Å². The molecule has 0 heterocycles. The lowest BCUT2D eigenvalue weighted by atomic mass is 9.73. The molecule has 278 valence electrons. The highest BCUT2D eigenvalue weighted by Gasteiger charge is 2.49. The lowest BCUT2D eigenvalue weighted by Gasteiger charge is -2.37. The van der Waals surface area contributed by atoms with Gasteiger partial charge in [0.1, 0.15) is 12.0 Å². The average molecular weight is 738 g/mol. The molecule has 2 aliphatic rings. The molecule has 1 saturated carbocycles. The third-order valence-electron chi connectivity index (χ3n) is 10.3. The Morgan fingerprint density at radius 1 is 0.736 bits per heavy atom. The standard InChI is InChI=1S/C40H37F6N3O4/c41-39(42,43)24-47-36(51)38(33-12-5-3-9-30(33)31-10-4-6-13-34(31)38)22-7-23-49(37(52)53)28-20-18-27(19-21-28)48-35(50)32-11-2-1-8-29(32)25-14-16-26(17-15-25)40(44,45)46/h1-6,8-17,27-28H,7,18-24H2,(H,47,51)(H,48,50)(H,52,53)/t27-,28-. The summed E-state index contributed by atoms with van der Waals surface area (Å²) in [4.78, 5) is 41.1. The summed E-state index contributed by atoms with van der Waals surface area (Å²) < 4.78 is 79.0. The van der Waals surface area contributed by atoms with E-state index in [1.54, 1.807) is 60.7 Å². The zero-order valence-corrected chi connectivity index (χ0v) is 28.4. The van der Waals surface area contributed by atoms with E-state index >= 15 is 0 Å². The molecular formula is C40H37F6N3O4. The van der Waals surface area contributed by atoms with Crippen LogP contribution in [0.15, 0.2) is 97.1 Å². The van der Waals surface area contributed by atoms with Gasteiger partial charge in [-0.05, 0) is 90.1 Å². The zero-order chi connectivity index (χ0) is 38.0. The molecule has 0 spiro atoms. The van der Waals surface area contributed by atoms with Crippen molar-refractivity contribution in [2.24, 2.45) is 0 Å². The van der Waals surface area contributed by atoms with Gasteiger partial charge < -0.3 is 20.6 Å². The van der Waals surface area contributed by atoms with Crippen LogP contribution >= 0.6 is 0 Å². The summed E-state index contributed by atoms with van der Waals surface area (Å²) in [5.74, 6) is -1.20. The Morgan fingerprint density at radius 2 is 1.28 bits per heavy atom. The summed E-state index contributed by atoms with van der Waals surface area (Å²) in [5, 5.41) is 15.3. The number of benzene rings is 4. The number of carbonyl (C=O) groups excluding carboxylic acids is 2. The molecule has 0 aromatic heterocycles. The maximum absolute atomic E-state index is 13.8. The second-order valence-electron chi connectivity index (χ2n) is 13.5. The number of amides is 3. The first kappa shape index (κ1) is 37.4. The highest BCUT2D eigenvalue weighted by molar-refractivity contribution is 6.01. The summed E-state index contributed by atoms with van der Waals surface area (Å²) >= 11 is 0. The number of carbonyl (C=O) groups is 3. The predicted molar refractivity (Wildman–Crippen MR) is 186 cm³/mol. The van der Waals surface area contributed by atoms with Gasteiger partial charge in [-0.15, -0.1) is 0 Å². The number of alkyl halides is 6. The number of nitrogens with zero attached hydrogens (tertiary/aromatic N) is 1. The summed E-state index contributed by atoms with van der Waals surface area (Å²) in [6.07, 6.45) is -8.23. The van der Waals surface area contributed by atoms with Gasteiger partial charge in [0.2, 0.25) is 5.91 Å². The van der Waals surface area contributed by atoms with E-state index in [9.17, 15) is 45.8 Å². The molecule has 13 heteroatoms. The largest absolute Gasteiger partial charge is 0.465 e. The third kappa shape index (κ3) is 7.89. The summed E-state index contributed by atoms with van der Waals surface area (Å²) in [5.41, 5.74) is 1.58. The Morgan fingerprint density at radius 3 is 1.83 bits per heavy atom. The number of halogens is 6. The van der Waals surface area contributed by atoms with Crippen LogP contribution in [0.4, 0.5) is 31.1 Å². The van der Waals surface area contributed by atoms with Crippen molar-refractivity contribution < 1.29 is 45.8 Å².